The van der Waals surface area contributed by atoms with Gasteiger partial charge in [-0.15, -0.1) is 0 Å². The Kier molecular flexibility index (Phi) is 7.89. The van der Waals surface area contributed by atoms with Crippen LogP contribution in [0, 0.1) is 18.7 Å². The van der Waals surface area contributed by atoms with Crippen molar-refractivity contribution in [1.82, 2.24) is 0 Å². The molecular formula is C28H30F4N4O3. The summed E-state index contributed by atoms with van der Waals surface area (Å²) >= 11 is 0. The second-order valence-electron chi connectivity index (χ2n) is 9.69. The number of carboxylic acid groups (broad SMARTS) is 1. The van der Waals surface area contributed by atoms with Gasteiger partial charge in [0.15, 0.2) is 11.6 Å². The number of ether oxygens (including phenoxy) is 1. The minimum Gasteiger partial charge on any atom is -0.492 e. The number of hydrogen-bond acceptors (Lipinski definition) is 5. The Labute approximate surface area is 223 Å². The van der Waals surface area contributed by atoms with Gasteiger partial charge in [-0.1, -0.05) is 36.4 Å². The molecule has 0 bridgehead atoms. The van der Waals surface area contributed by atoms with Crippen LogP contribution < -0.4 is 20.3 Å². The van der Waals surface area contributed by atoms with Crippen LogP contribution in [-0.4, -0.2) is 49.8 Å². The fraction of sp³-hybridized carbons (Fsp3) is 0.357. The molecule has 3 N–H and O–H groups in total. The summed E-state index contributed by atoms with van der Waals surface area (Å²) in [5, 5.41) is 9.30. The molecule has 0 atom stereocenters. The largest absolute Gasteiger partial charge is 0.492 e. The van der Waals surface area contributed by atoms with Crippen LogP contribution in [0.3, 0.4) is 0 Å². The highest BCUT2D eigenvalue weighted by molar-refractivity contribution is 6.14. The number of anilines is 2. The van der Waals surface area contributed by atoms with Crippen molar-refractivity contribution in [3.8, 4) is 5.75 Å². The standard InChI is InChI=1S/C28H30F4N4O3/c1-16-4-6-18(7-5-16)13-34-26(33)21-14-36(15-28(30,31)32)23-20(17(21)2)12-22(29)24(25(23)39-3)35-10-8-19(9-11-35)27(37)38/h4-7,12,14,19H,2,8-11,13,15H2,1,3H3,(H2,33,34)(H,37,38). The molecule has 11 heteroatoms. The summed E-state index contributed by atoms with van der Waals surface area (Å²) in [4.78, 5) is 18.2. The number of fused-ring (bicyclic) bond motifs is 1. The number of aryl methyl sites for hydroxylation is 1. The molecule has 0 unspecified atom stereocenters. The third kappa shape index (κ3) is 6.02. The second kappa shape index (κ2) is 11.0. The van der Waals surface area contributed by atoms with Crippen molar-refractivity contribution in [3.05, 3.63) is 71.2 Å². The minimum atomic E-state index is -4.61. The molecule has 7 nitrogen and oxygen atoms in total. The third-order valence-corrected chi connectivity index (χ3v) is 6.95. The molecule has 0 amide bonds. The average Bonchev–Trinajstić information content (AvgIpc) is 2.88. The molecule has 1 fully saturated rings. The number of benzene rings is 2. The fourth-order valence-electron chi connectivity index (χ4n) is 4.90. The van der Waals surface area contributed by atoms with Gasteiger partial charge in [-0.05, 0) is 37.0 Å². The molecule has 2 aromatic carbocycles. The Bertz CT molecular complexity index is 1330. The summed E-state index contributed by atoms with van der Waals surface area (Å²) in [6, 6.07) is 8.71. The van der Waals surface area contributed by atoms with Gasteiger partial charge in [0.05, 0.1) is 25.3 Å². The number of rotatable bonds is 7. The molecule has 2 aliphatic heterocycles. The van der Waals surface area contributed by atoms with Crippen LogP contribution in [0.5, 0.6) is 5.75 Å². The van der Waals surface area contributed by atoms with Gasteiger partial charge < -0.3 is 25.4 Å². The fourth-order valence-corrected chi connectivity index (χ4v) is 4.90. The Balaban J connectivity index is 1.75. The average molecular weight is 547 g/mol. The molecule has 0 spiro atoms. The van der Waals surface area contributed by atoms with Gasteiger partial charge in [0, 0.05) is 30.4 Å². The quantitative estimate of drug-likeness (QED) is 0.279. The van der Waals surface area contributed by atoms with Crippen LogP contribution >= 0.6 is 0 Å². The normalized spacial score (nSPS) is 16.7. The van der Waals surface area contributed by atoms with E-state index in [-0.39, 0.29) is 72.1 Å². The number of amidine groups is 1. The summed E-state index contributed by atoms with van der Waals surface area (Å²) < 4.78 is 62.3. The Morgan fingerprint density at radius 3 is 2.41 bits per heavy atom. The van der Waals surface area contributed by atoms with E-state index in [1.54, 1.807) is 4.90 Å². The molecule has 1 saturated heterocycles. The summed E-state index contributed by atoms with van der Waals surface area (Å²) in [5.41, 5.74) is 8.61. The summed E-state index contributed by atoms with van der Waals surface area (Å²) in [5.74, 6) is -2.34. The number of halogens is 4. The number of nitrogens with two attached hydrogens (primary N) is 1. The molecule has 2 aromatic rings. The van der Waals surface area contributed by atoms with E-state index in [1.165, 1.54) is 13.3 Å². The lowest BCUT2D eigenvalue weighted by atomic mass is 9.91. The van der Waals surface area contributed by atoms with Gasteiger partial charge >= 0.3 is 12.1 Å². The van der Waals surface area contributed by atoms with Crippen molar-refractivity contribution < 1.29 is 32.2 Å². The predicted octanol–water partition coefficient (Wildman–Crippen LogP) is 5.28. The van der Waals surface area contributed by atoms with Gasteiger partial charge in [0.1, 0.15) is 18.1 Å². The summed E-state index contributed by atoms with van der Waals surface area (Å²) in [6.07, 6.45) is -2.85. The Morgan fingerprint density at radius 1 is 1.21 bits per heavy atom. The highest BCUT2D eigenvalue weighted by Crippen LogP contribution is 2.49. The highest BCUT2D eigenvalue weighted by Gasteiger charge is 2.38. The lowest BCUT2D eigenvalue weighted by molar-refractivity contribution is -0.142. The number of alkyl halides is 3. The van der Waals surface area contributed by atoms with Crippen LogP contribution in [0.1, 0.15) is 29.5 Å². The molecule has 0 saturated carbocycles. The van der Waals surface area contributed by atoms with E-state index in [9.17, 15) is 23.1 Å². The molecule has 2 aliphatic rings. The molecule has 2 heterocycles. The van der Waals surface area contributed by atoms with E-state index in [0.29, 0.717) is 0 Å². The number of aliphatic imine (C=N–C) groups is 1. The summed E-state index contributed by atoms with van der Waals surface area (Å²) in [7, 11) is 1.26. The lowest BCUT2D eigenvalue weighted by Gasteiger charge is -2.37. The van der Waals surface area contributed by atoms with E-state index in [4.69, 9.17) is 10.5 Å². The Hall–Kier alpha value is -4.02. The smallest absolute Gasteiger partial charge is 0.406 e. The number of aliphatic carboxylic acids is 1. The monoisotopic (exact) mass is 546 g/mol. The van der Waals surface area contributed by atoms with Crippen LogP contribution in [0.15, 0.2) is 53.7 Å². The maximum Gasteiger partial charge on any atom is 0.406 e. The zero-order valence-corrected chi connectivity index (χ0v) is 21.7. The molecule has 0 aliphatic carbocycles. The van der Waals surface area contributed by atoms with Gasteiger partial charge in [-0.2, -0.15) is 13.2 Å². The first-order valence-corrected chi connectivity index (χ1v) is 12.4. The van der Waals surface area contributed by atoms with E-state index < -0.39 is 30.4 Å². The number of piperidine rings is 1. The number of carbonyl (C=O) groups is 1. The van der Waals surface area contributed by atoms with E-state index in [2.05, 4.69) is 11.6 Å². The first kappa shape index (κ1) is 28.0. The minimum absolute atomic E-state index is 0.00617. The zero-order chi connectivity index (χ0) is 28.5. The first-order chi connectivity index (χ1) is 18.4. The van der Waals surface area contributed by atoms with Crippen molar-refractivity contribution in [2.24, 2.45) is 16.6 Å². The molecule has 4 rings (SSSR count). The molecule has 0 radical (unpaired) electrons. The molecule has 39 heavy (non-hydrogen) atoms. The Morgan fingerprint density at radius 2 is 1.85 bits per heavy atom. The van der Waals surface area contributed by atoms with Gasteiger partial charge in [0.25, 0.3) is 0 Å². The van der Waals surface area contributed by atoms with Crippen molar-refractivity contribution >= 4 is 28.8 Å². The van der Waals surface area contributed by atoms with E-state index in [1.807, 2.05) is 31.2 Å². The van der Waals surface area contributed by atoms with Crippen LogP contribution in [-0.2, 0) is 11.3 Å². The number of nitrogens with zero attached hydrogens (tertiary/aromatic N) is 3. The maximum atomic E-state index is 15.6. The van der Waals surface area contributed by atoms with Crippen LogP contribution in [0.4, 0.5) is 28.9 Å². The molecular weight excluding hydrogens is 516 g/mol. The van der Waals surface area contributed by atoms with Crippen LogP contribution in [0.25, 0.3) is 5.57 Å². The van der Waals surface area contributed by atoms with Crippen molar-refractivity contribution in [2.75, 3.05) is 36.5 Å². The molecule has 208 valence electrons. The van der Waals surface area contributed by atoms with E-state index in [0.717, 1.165) is 22.1 Å². The van der Waals surface area contributed by atoms with Gasteiger partial charge in [-0.25, -0.2) is 4.39 Å². The molecule has 0 aromatic heterocycles. The number of carboxylic acids is 1. The SMILES string of the molecule is C=C1C(C(N)=NCc2ccc(C)cc2)=CN(CC(F)(F)F)c2c1cc(F)c(N1CCC(C(=O)O)CC1)c2OC. The van der Waals surface area contributed by atoms with Gasteiger partial charge in [0.2, 0.25) is 0 Å². The van der Waals surface area contributed by atoms with Crippen molar-refractivity contribution in [3.63, 3.8) is 0 Å². The second-order valence-corrected chi connectivity index (χ2v) is 9.69. The number of methoxy groups -OCH3 is 1. The number of hydrogen-bond donors (Lipinski definition) is 2. The predicted molar refractivity (Wildman–Crippen MR) is 143 cm³/mol. The van der Waals surface area contributed by atoms with Crippen molar-refractivity contribution in [1.29, 1.82) is 0 Å². The first-order valence-electron chi connectivity index (χ1n) is 12.4. The lowest BCUT2D eigenvalue weighted by Crippen LogP contribution is -2.38. The van der Waals surface area contributed by atoms with Gasteiger partial charge in [-0.3, -0.25) is 9.79 Å². The van der Waals surface area contributed by atoms with E-state index >= 15 is 4.39 Å². The maximum absolute atomic E-state index is 15.6. The zero-order valence-electron chi connectivity index (χ0n) is 21.7. The highest BCUT2D eigenvalue weighted by atomic mass is 19.4. The van der Waals surface area contributed by atoms with Crippen molar-refractivity contribution in [2.45, 2.75) is 32.5 Å². The summed E-state index contributed by atoms with van der Waals surface area (Å²) in [6.45, 7) is 5.19. The van der Waals surface area contributed by atoms with Crippen LogP contribution in [0.2, 0.25) is 0 Å². The topological polar surface area (TPSA) is 91.4 Å². The third-order valence-electron chi connectivity index (χ3n) is 6.95.